The molecule has 1 rings (SSSR count). The second kappa shape index (κ2) is 4.42. The molecule has 4 heteroatoms. The Labute approximate surface area is 86.6 Å². The summed E-state index contributed by atoms with van der Waals surface area (Å²) in [5.74, 6) is -0.545. The van der Waals surface area contributed by atoms with Gasteiger partial charge in [-0.05, 0) is 19.1 Å². The van der Waals surface area contributed by atoms with E-state index in [1.54, 1.807) is 0 Å². The molecule has 0 unspecified atom stereocenters. The molecule has 0 fully saturated rings. The zero-order valence-electron chi connectivity index (χ0n) is 7.93. The SMILES string of the molecule is COc1c(F)ccc(Cl)c1CC(C)=O. The summed E-state index contributed by atoms with van der Waals surface area (Å²) in [5.41, 5.74) is 0.404. The monoisotopic (exact) mass is 216 g/mol. The first-order valence-electron chi connectivity index (χ1n) is 4.06. The zero-order valence-corrected chi connectivity index (χ0v) is 8.69. The van der Waals surface area contributed by atoms with Gasteiger partial charge in [0, 0.05) is 17.0 Å². The van der Waals surface area contributed by atoms with Crippen molar-refractivity contribution in [3.8, 4) is 5.75 Å². The van der Waals surface area contributed by atoms with Gasteiger partial charge in [0.2, 0.25) is 0 Å². The summed E-state index contributed by atoms with van der Waals surface area (Å²) in [4.78, 5) is 10.9. The van der Waals surface area contributed by atoms with Crippen molar-refractivity contribution < 1.29 is 13.9 Å². The smallest absolute Gasteiger partial charge is 0.165 e. The topological polar surface area (TPSA) is 26.3 Å². The number of Topliss-reactive ketones (excluding diaryl/α,β-unsaturated/α-hetero) is 1. The fraction of sp³-hybridized carbons (Fsp3) is 0.300. The quantitative estimate of drug-likeness (QED) is 0.777. The minimum atomic E-state index is -0.506. The molecule has 0 radical (unpaired) electrons. The van der Waals surface area contributed by atoms with E-state index < -0.39 is 5.82 Å². The van der Waals surface area contributed by atoms with Crippen molar-refractivity contribution in [2.24, 2.45) is 0 Å². The molecule has 0 N–H and O–H groups in total. The number of carbonyl (C=O) groups is 1. The molecular formula is C10H10ClFO2. The molecule has 0 saturated heterocycles. The number of rotatable bonds is 3. The molecule has 0 saturated carbocycles. The van der Waals surface area contributed by atoms with E-state index >= 15 is 0 Å². The van der Waals surface area contributed by atoms with Gasteiger partial charge in [0.05, 0.1) is 7.11 Å². The maximum absolute atomic E-state index is 13.2. The molecule has 0 atom stereocenters. The molecule has 0 heterocycles. The second-order valence-corrected chi connectivity index (χ2v) is 3.33. The highest BCUT2D eigenvalue weighted by atomic mass is 35.5. The number of ether oxygens (including phenoxy) is 1. The van der Waals surface area contributed by atoms with Crippen LogP contribution in [-0.2, 0) is 11.2 Å². The lowest BCUT2D eigenvalue weighted by molar-refractivity contribution is -0.116. The van der Waals surface area contributed by atoms with E-state index in [0.29, 0.717) is 10.6 Å². The van der Waals surface area contributed by atoms with Crippen LogP contribution >= 0.6 is 11.6 Å². The van der Waals surface area contributed by atoms with E-state index in [1.165, 1.54) is 26.2 Å². The Morgan fingerprint density at radius 1 is 1.57 bits per heavy atom. The van der Waals surface area contributed by atoms with E-state index in [0.717, 1.165) is 0 Å². The number of halogens is 2. The predicted octanol–water partition coefficient (Wildman–Crippen LogP) is 2.62. The Morgan fingerprint density at radius 3 is 2.71 bits per heavy atom. The van der Waals surface area contributed by atoms with Gasteiger partial charge in [0.15, 0.2) is 11.6 Å². The van der Waals surface area contributed by atoms with Gasteiger partial charge in [-0.1, -0.05) is 11.6 Å². The van der Waals surface area contributed by atoms with Gasteiger partial charge < -0.3 is 4.74 Å². The van der Waals surface area contributed by atoms with Gasteiger partial charge in [-0.2, -0.15) is 0 Å². The molecule has 76 valence electrons. The van der Waals surface area contributed by atoms with Gasteiger partial charge in [-0.15, -0.1) is 0 Å². The molecule has 0 aliphatic heterocycles. The number of carbonyl (C=O) groups excluding carboxylic acids is 1. The fourth-order valence-corrected chi connectivity index (χ4v) is 1.43. The van der Waals surface area contributed by atoms with E-state index in [-0.39, 0.29) is 18.0 Å². The summed E-state index contributed by atoms with van der Waals surface area (Å²) >= 11 is 5.83. The van der Waals surface area contributed by atoms with Crippen LogP contribution in [-0.4, -0.2) is 12.9 Å². The molecule has 1 aromatic rings. The van der Waals surface area contributed by atoms with Crippen molar-refractivity contribution in [1.29, 1.82) is 0 Å². The molecule has 0 aromatic heterocycles. The first kappa shape index (κ1) is 11.0. The van der Waals surface area contributed by atoms with Crippen molar-refractivity contribution in [2.75, 3.05) is 7.11 Å². The summed E-state index contributed by atoms with van der Waals surface area (Å²) in [6, 6.07) is 2.63. The third kappa shape index (κ3) is 2.23. The standard InChI is InChI=1S/C10H10ClFO2/c1-6(13)5-7-8(11)3-4-9(12)10(7)14-2/h3-4H,5H2,1-2H3. The third-order valence-corrected chi connectivity index (χ3v) is 2.14. The molecule has 1 aromatic carbocycles. The molecule has 0 amide bonds. The maximum atomic E-state index is 13.2. The molecule has 0 aliphatic carbocycles. The number of benzene rings is 1. The van der Waals surface area contributed by atoms with Crippen LogP contribution in [0.2, 0.25) is 5.02 Å². The number of hydrogen-bond acceptors (Lipinski definition) is 2. The van der Waals surface area contributed by atoms with Crippen molar-refractivity contribution >= 4 is 17.4 Å². The third-order valence-electron chi connectivity index (χ3n) is 1.79. The van der Waals surface area contributed by atoms with Gasteiger partial charge in [0.25, 0.3) is 0 Å². The Bertz CT molecular complexity index is 363. The lowest BCUT2D eigenvalue weighted by Gasteiger charge is -2.09. The summed E-state index contributed by atoms with van der Waals surface area (Å²) < 4.78 is 18.0. The van der Waals surface area contributed by atoms with Crippen LogP contribution in [0.15, 0.2) is 12.1 Å². The Hall–Kier alpha value is -1.09. The van der Waals surface area contributed by atoms with Crippen LogP contribution in [0.4, 0.5) is 4.39 Å². The van der Waals surface area contributed by atoms with Gasteiger partial charge >= 0.3 is 0 Å². The van der Waals surface area contributed by atoms with Gasteiger partial charge in [-0.3, -0.25) is 4.79 Å². The van der Waals surface area contributed by atoms with Crippen LogP contribution in [0.25, 0.3) is 0 Å². The van der Waals surface area contributed by atoms with E-state index in [1.807, 2.05) is 0 Å². The lowest BCUT2D eigenvalue weighted by Crippen LogP contribution is -2.02. The van der Waals surface area contributed by atoms with Crippen molar-refractivity contribution in [3.63, 3.8) is 0 Å². The molecule has 2 nitrogen and oxygen atoms in total. The minimum absolute atomic E-state index is 0.0488. The van der Waals surface area contributed by atoms with Crippen molar-refractivity contribution in [3.05, 3.63) is 28.5 Å². The fourth-order valence-electron chi connectivity index (χ4n) is 1.21. The summed E-state index contributed by atoms with van der Waals surface area (Å²) in [6.45, 7) is 1.42. The van der Waals surface area contributed by atoms with E-state index in [2.05, 4.69) is 0 Å². The Balaban J connectivity index is 3.22. The van der Waals surface area contributed by atoms with Gasteiger partial charge in [0.1, 0.15) is 5.78 Å². The largest absolute Gasteiger partial charge is 0.493 e. The van der Waals surface area contributed by atoms with Crippen molar-refractivity contribution in [1.82, 2.24) is 0 Å². The average molecular weight is 217 g/mol. The Kier molecular flexibility index (Phi) is 3.47. The highest BCUT2D eigenvalue weighted by molar-refractivity contribution is 6.31. The molecule has 0 bridgehead atoms. The highest BCUT2D eigenvalue weighted by Gasteiger charge is 2.14. The first-order valence-corrected chi connectivity index (χ1v) is 4.44. The molecule has 14 heavy (non-hydrogen) atoms. The Morgan fingerprint density at radius 2 is 2.21 bits per heavy atom. The highest BCUT2D eigenvalue weighted by Crippen LogP contribution is 2.29. The summed E-state index contributed by atoms with van der Waals surface area (Å²) in [5, 5.41) is 0.346. The summed E-state index contributed by atoms with van der Waals surface area (Å²) in [6.07, 6.45) is 0.0831. The number of ketones is 1. The second-order valence-electron chi connectivity index (χ2n) is 2.92. The normalized spacial score (nSPS) is 10.0. The van der Waals surface area contributed by atoms with Crippen LogP contribution in [0.1, 0.15) is 12.5 Å². The van der Waals surface area contributed by atoms with Crippen LogP contribution in [0, 0.1) is 5.82 Å². The van der Waals surface area contributed by atoms with E-state index in [9.17, 15) is 9.18 Å². The number of methoxy groups -OCH3 is 1. The molecule has 0 aliphatic rings. The average Bonchev–Trinajstić information content (AvgIpc) is 2.11. The zero-order chi connectivity index (χ0) is 10.7. The summed E-state index contributed by atoms with van der Waals surface area (Å²) in [7, 11) is 1.35. The lowest BCUT2D eigenvalue weighted by atomic mass is 10.1. The van der Waals surface area contributed by atoms with E-state index in [4.69, 9.17) is 16.3 Å². The van der Waals surface area contributed by atoms with Crippen molar-refractivity contribution in [2.45, 2.75) is 13.3 Å². The van der Waals surface area contributed by atoms with Crippen LogP contribution in [0.5, 0.6) is 5.75 Å². The number of hydrogen-bond donors (Lipinski definition) is 0. The van der Waals surface area contributed by atoms with Crippen LogP contribution in [0.3, 0.4) is 0 Å². The van der Waals surface area contributed by atoms with Crippen LogP contribution < -0.4 is 4.74 Å². The first-order chi connectivity index (χ1) is 6.56. The predicted molar refractivity (Wildman–Crippen MR) is 52.3 cm³/mol. The van der Waals surface area contributed by atoms with Gasteiger partial charge in [-0.25, -0.2) is 4.39 Å². The molecule has 0 spiro atoms. The minimum Gasteiger partial charge on any atom is -0.493 e. The molecular weight excluding hydrogens is 207 g/mol. The maximum Gasteiger partial charge on any atom is 0.165 e.